The van der Waals surface area contributed by atoms with Crippen molar-refractivity contribution in [1.82, 2.24) is 5.32 Å². The third-order valence-electron chi connectivity index (χ3n) is 3.52. The molecule has 134 valence electrons. The molecular formula is C18H26ClNO4. The number of rotatable bonds is 10. The number of carbonyl (C=O) groups excluding carboxylic acids is 1. The Hall–Kier alpha value is -1.59. The Bertz CT molecular complexity index is 530. The minimum absolute atomic E-state index is 0.101. The van der Waals surface area contributed by atoms with E-state index in [0.29, 0.717) is 23.1 Å². The summed E-state index contributed by atoms with van der Waals surface area (Å²) >= 11 is 5.84. The van der Waals surface area contributed by atoms with Crippen LogP contribution in [0.4, 0.5) is 0 Å². The Labute approximate surface area is 148 Å². The Morgan fingerprint density at radius 1 is 1.21 bits per heavy atom. The smallest absolute Gasteiger partial charge is 0.305 e. The molecule has 0 aliphatic heterocycles. The Kier molecular flexibility index (Phi) is 8.79. The van der Waals surface area contributed by atoms with Gasteiger partial charge in [-0.05, 0) is 37.0 Å². The summed E-state index contributed by atoms with van der Waals surface area (Å²) in [6.07, 6.45) is 1.06. The van der Waals surface area contributed by atoms with Crippen molar-refractivity contribution in [2.75, 3.05) is 6.61 Å². The number of aliphatic carboxylic acids is 1. The Morgan fingerprint density at radius 2 is 1.83 bits per heavy atom. The lowest BCUT2D eigenvalue weighted by Crippen LogP contribution is -2.31. The normalized spacial score (nSPS) is 13.5. The van der Waals surface area contributed by atoms with Crippen LogP contribution in [0.5, 0.6) is 0 Å². The van der Waals surface area contributed by atoms with Crippen LogP contribution in [0, 0.1) is 5.92 Å². The predicted octanol–water partition coefficient (Wildman–Crippen LogP) is 3.81. The lowest BCUT2D eigenvalue weighted by atomic mass is 10.0. The number of benzene rings is 1. The molecule has 0 aliphatic carbocycles. The third kappa shape index (κ3) is 8.31. The van der Waals surface area contributed by atoms with Gasteiger partial charge in [0.1, 0.15) is 0 Å². The largest absolute Gasteiger partial charge is 0.481 e. The van der Waals surface area contributed by atoms with Crippen LogP contribution >= 0.6 is 11.6 Å². The van der Waals surface area contributed by atoms with E-state index in [0.717, 1.165) is 6.42 Å². The molecule has 6 heteroatoms. The minimum atomic E-state index is -0.975. The average Bonchev–Trinajstić information content (AvgIpc) is 2.46. The maximum absolute atomic E-state index is 12.1. The number of halogens is 1. The summed E-state index contributed by atoms with van der Waals surface area (Å²) in [7, 11) is 0. The zero-order valence-corrected chi connectivity index (χ0v) is 15.2. The van der Waals surface area contributed by atoms with Gasteiger partial charge in [-0.3, -0.25) is 9.59 Å². The average molecular weight is 356 g/mol. The first-order chi connectivity index (χ1) is 11.3. The van der Waals surface area contributed by atoms with Gasteiger partial charge in [-0.15, -0.1) is 0 Å². The van der Waals surface area contributed by atoms with Gasteiger partial charge in [0, 0.05) is 11.4 Å². The molecule has 5 nitrogen and oxygen atoms in total. The van der Waals surface area contributed by atoms with E-state index in [9.17, 15) is 9.59 Å². The van der Waals surface area contributed by atoms with Crippen molar-refractivity contribution in [2.24, 2.45) is 5.92 Å². The molecule has 0 spiro atoms. The molecule has 1 unspecified atom stereocenters. The summed E-state index contributed by atoms with van der Waals surface area (Å²) in [6.45, 7) is 6.54. The number of carboxylic acids is 1. The molecule has 0 heterocycles. The lowest BCUT2D eigenvalue weighted by molar-refractivity contribution is -0.137. The van der Waals surface area contributed by atoms with E-state index in [2.05, 4.69) is 19.2 Å². The van der Waals surface area contributed by atoms with Gasteiger partial charge < -0.3 is 15.2 Å². The van der Waals surface area contributed by atoms with Crippen molar-refractivity contribution in [2.45, 2.75) is 52.2 Å². The Balaban J connectivity index is 2.52. The predicted molar refractivity (Wildman–Crippen MR) is 94.1 cm³/mol. The maximum Gasteiger partial charge on any atom is 0.305 e. The van der Waals surface area contributed by atoms with Crippen LogP contribution in [0.25, 0.3) is 0 Å². The van der Waals surface area contributed by atoms with Gasteiger partial charge in [0.05, 0.1) is 25.2 Å². The van der Waals surface area contributed by atoms with Gasteiger partial charge in [-0.1, -0.05) is 37.6 Å². The number of hydrogen-bond donors (Lipinski definition) is 2. The number of ether oxygens (including phenoxy) is 1. The van der Waals surface area contributed by atoms with E-state index in [1.807, 2.05) is 6.92 Å². The van der Waals surface area contributed by atoms with Gasteiger partial charge in [0.15, 0.2) is 0 Å². The van der Waals surface area contributed by atoms with Crippen LogP contribution in [0.2, 0.25) is 5.02 Å². The standard InChI is InChI=1S/C18H26ClNO4/c1-12(2)10-13(3)24-9-8-17(21)20-16(11-18(22)23)14-4-6-15(19)7-5-14/h4-7,12-13,16H,8-11H2,1-3H3,(H,20,21)(H,22,23)/t13?,16-/m0/s1. The molecule has 2 atom stereocenters. The fourth-order valence-corrected chi connectivity index (χ4v) is 2.60. The summed E-state index contributed by atoms with van der Waals surface area (Å²) < 4.78 is 5.61. The van der Waals surface area contributed by atoms with Crippen molar-refractivity contribution in [3.8, 4) is 0 Å². The highest BCUT2D eigenvalue weighted by molar-refractivity contribution is 6.30. The molecular weight excluding hydrogens is 330 g/mol. The van der Waals surface area contributed by atoms with Crippen molar-refractivity contribution in [3.05, 3.63) is 34.9 Å². The maximum atomic E-state index is 12.1. The van der Waals surface area contributed by atoms with Crippen LogP contribution in [0.15, 0.2) is 24.3 Å². The lowest BCUT2D eigenvalue weighted by Gasteiger charge is -2.19. The summed E-state index contributed by atoms with van der Waals surface area (Å²) in [5.74, 6) is -0.663. The van der Waals surface area contributed by atoms with Crippen molar-refractivity contribution < 1.29 is 19.4 Å². The van der Waals surface area contributed by atoms with Gasteiger partial charge in [-0.2, -0.15) is 0 Å². The molecule has 2 N–H and O–H groups in total. The molecule has 1 rings (SSSR count). The van der Waals surface area contributed by atoms with Crippen LogP contribution in [-0.4, -0.2) is 29.7 Å². The van der Waals surface area contributed by atoms with Gasteiger partial charge in [0.2, 0.25) is 5.91 Å². The van der Waals surface area contributed by atoms with Crippen molar-refractivity contribution in [3.63, 3.8) is 0 Å². The van der Waals surface area contributed by atoms with E-state index >= 15 is 0 Å². The zero-order valence-electron chi connectivity index (χ0n) is 14.4. The zero-order chi connectivity index (χ0) is 18.1. The minimum Gasteiger partial charge on any atom is -0.481 e. The number of carbonyl (C=O) groups is 2. The SMILES string of the molecule is CC(C)CC(C)OCCC(=O)N[C@@H](CC(=O)O)c1ccc(Cl)cc1. The second-order valence-electron chi connectivity index (χ2n) is 6.33. The second kappa shape index (κ2) is 10.3. The molecule has 0 bridgehead atoms. The van der Waals surface area contributed by atoms with E-state index < -0.39 is 12.0 Å². The first kappa shape index (κ1) is 20.5. The number of hydrogen-bond acceptors (Lipinski definition) is 3. The fourth-order valence-electron chi connectivity index (χ4n) is 2.47. The molecule has 1 amide bonds. The molecule has 1 aromatic carbocycles. The molecule has 0 aliphatic rings. The first-order valence-corrected chi connectivity index (χ1v) is 8.54. The number of nitrogens with one attached hydrogen (secondary N) is 1. The summed E-state index contributed by atoms with van der Waals surface area (Å²) in [5.41, 5.74) is 0.712. The van der Waals surface area contributed by atoms with E-state index in [1.54, 1.807) is 24.3 Å². The molecule has 24 heavy (non-hydrogen) atoms. The fraction of sp³-hybridized carbons (Fsp3) is 0.556. The van der Waals surface area contributed by atoms with Crippen molar-refractivity contribution >= 4 is 23.5 Å². The molecule has 0 saturated carbocycles. The quantitative estimate of drug-likeness (QED) is 0.669. The number of carboxylic acid groups (broad SMARTS) is 1. The molecule has 0 aromatic heterocycles. The molecule has 0 radical (unpaired) electrons. The highest BCUT2D eigenvalue weighted by atomic mass is 35.5. The monoisotopic (exact) mass is 355 g/mol. The van der Waals surface area contributed by atoms with E-state index in [1.165, 1.54) is 0 Å². The summed E-state index contributed by atoms with van der Waals surface area (Å²) in [4.78, 5) is 23.1. The first-order valence-electron chi connectivity index (χ1n) is 8.16. The second-order valence-corrected chi connectivity index (χ2v) is 6.77. The van der Waals surface area contributed by atoms with Crippen LogP contribution < -0.4 is 5.32 Å². The van der Waals surface area contributed by atoms with Crippen LogP contribution in [0.1, 0.15) is 51.6 Å². The summed E-state index contributed by atoms with van der Waals surface area (Å²) in [6, 6.07) is 6.21. The van der Waals surface area contributed by atoms with Gasteiger partial charge >= 0.3 is 5.97 Å². The van der Waals surface area contributed by atoms with Crippen molar-refractivity contribution in [1.29, 1.82) is 0 Å². The third-order valence-corrected chi connectivity index (χ3v) is 3.77. The molecule has 1 aromatic rings. The topological polar surface area (TPSA) is 75.6 Å². The van der Waals surface area contributed by atoms with Gasteiger partial charge in [0.25, 0.3) is 0 Å². The number of amides is 1. The summed E-state index contributed by atoms with van der Waals surface area (Å²) in [5, 5.41) is 12.4. The van der Waals surface area contributed by atoms with Crippen LogP contribution in [-0.2, 0) is 14.3 Å². The molecule has 0 fully saturated rings. The van der Waals surface area contributed by atoms with Crippen LogP contribution in [0.3, 0.4) is 0 Å². The highest BCUT2D eigenvalue weighted by Gasteiger charge is 2.18. The van der Waals surface area contributed by atoms with Gasteiger partial charge in [-0.25, -0.2) is 0 Å². The highest BCUT2D eigenvalue weighted by Crippen LogP contribution is 2.19. The van der Waals surface area contributed by atoms with E-state index in [4.69, 9.17) is 21.4 Å². The Morgan fingerprint density at radius 3 is 2.38 bits per heavy atom. The van der Waals surface area contributed by atoms with E-state index in [-0.39, 0.29) is 24.9 Å². The molecule has 0 saturated heterocycles.